The van der Waals surface area contributed by atoms with E-state index in [9.17, 15) is 9.59 Å². The van der Waals surface area contributed by atoms with Gasteiger partial charge in [-0.05, 0) is 13.3 Å². The Labute approximate surface area is 91.8 Å². The summed E-state index contributed by atoms with van der Waals surface area (Å²) in [6.07, 6.45) is 0.871. The van der Waals surface area contributed by atoms with Gasteiger partial charge in [0.2, 0.25) is 5.91 Å². The largest absolute Gasteiger partial charge is 0.332 e. The van der Waals surface area contributed by atoms with Crippen LogP contribution >= 0.6 is 0 Å². The molecule has 0 radical (unpaired) electrons. The first-order valence-corrected chi connectivity index (χ1v) is 5.57. The Kier molecular flexibility index (Phi) is 3.22. The highest BCUT2D eigenvalue weighted by atomic mass is 16.2. The third-order valence-corrected chi connectivity index (χ3v) is 3.08. The van der Waals surface area contributed by atoms with Crippen LogP contribution in [0, 0.1) is 11.3 Å². The quantitative estimate of drug-likeness (QED) is 0.699. The van der Waals surface area contributed by atoms with E-state index in [1.807, 2.05) is 34.6 Å². The van der Waals surface area contributed by atoms with Crippen molar-refractivity contribution in [3.05, 3.63) is 0 Å². The molecule has 1 aliphatic heterocycles. The first-order valence-electron chi connectivity index (χ1n) is 5.57. The van der Waals surface area contributed by atoms with Crippen LogP contribution in [-0.4, -0.2) is 29.2 Å². The van der Waals surface area contributed by atoms with E-state index in [0.29, 0.717) is 0 Å². The van der Waals surface area contributed by atoms with Crippen molar-refractivity contribution >= 4 is 11.7 Å². The number of ketones is 1. The van der Waals surface area contributed by atoms with Crippen LogP contribution in [0.2, 0.25) is 0 Å². The van der Waals surface area contributed by atoms with Crippen molar-refractivity contribution < 1.29 is 9.59 Å². The summed E-state index contributed by atoms with van der Waals surface area (Å²) in [7, 11) is 0. The van der Waals surface area contributed by atoms with Crippen molar-refractivity contribution in [3.63, 3.8) is 0 Å². The fourth-order valence-electron chi connectivity index (χ4n) is 1.87. The molecule has 1 aliphatic rings. The molecule has 2 unspecified atom stereocenters. The molecule has 1 heterocycles. The molecular weight excluding hydrogens is 190 g/mol. The van der Waals surface area contributed by atoms with Gasteiger partial charge in [-0.1, -0.05) is 27.7 Å². The summed E-state index contributed by atoms with van der Waals surface area (Å²) in [5.74, 6) is 0.338. The molecule has 86 valence electrons. The van der Waals surface area contributed by atoms with Crippen LogP contribution in [0.15, 0.2) is 0 Å². The van der Waals surface area contributed by atoms with Crippen LogP contribution in [0.4, 0.5) is 0 Å². The Hall–Kier alpha value is -0.860. The van der Waals surface area contributed by atoms with Crippen LogP contribution in [0.25, 0.3) is 0 Å². The highest BCUT2D eigenvalue weighted by molar-refractivity contribution is 5.90. The molecule has 3 nitrogen and oxygen atoms in total. The number of nitrogens with zero attached hydrogens (tertiary/aromatic N) is 1. The number of amides is 1. The van der Waals surface area contributed by atoms with E-state index in [4.69, 9.17) is 0 Å². The van der Waals surface area contributed by atoms with Crippen LogP contribution in [0.1, 0.15) is 41.0 Å². The maximum Gasteiger partial charge on any atom is 0.226 e. The Morgan fingerprint density at radius 3 is 2.27 bits per heavy atom. The van der Waals surface area contributed by atoms with Gasteiger partial charge in [-0.3, -0.25) is 9.59 Å². The highest BCUT2D eigenvalue weighted by Crippen LogP contribution is 2.25. The monoisotopic (exact) mass is 211 g/mol. The topological polar surface area (TPSA) is 37.4 Å². The van der Waals surface area contributed by atoms with E-state index in [1.54, 1.807) is 4.90 Å². The second kappa shape index (κ2) is 3.95. The van der Waals surface area contributed by atoms with Crippen molar-refractivity contribution in [2.75, 3.05) is 6.54 Å². The predicted molar refractivity (Wildman–Crippen MR) is 59.4 cm³/mol. The van der Waals surface area contributed by atoms with Gasteiger partial charge in [0.15, 0.2) is 5.78 Å². The molecule has 1 saturated heterocycles. The molecule has 15 heavy (non-hydrogen) atoms. The van der Waals surface area contributed by atoms with Crippen molar-refractivity contribution in [1.82, 2.24) is 4.90 Å². The van der Waals surface area contributed by atoms with Crippen molar-refractivity contribution in [1.29, 1.82) is 0 Å². The van der Waals surface area contributed by atoms with Crippen molar-refractivity contribution in [3.8, 4) is 0 Å². The van der Waals surface area contributed by atoms with E-state index >= 15 is 0 Å². The molecule has 1 amide bonds. The summed E-state index contributed by atoms with van der Waals surface area (Å²) < 4.78 is 0. The first kappa shape index (κ1) is 12.2. The van der Waals surface area contributed by atoms with Crippen LogP contribution < -0.4 is 0 Å². The summed E-state index contributed by atoms with van der Waals surface area (Å²) in [5, 5.41) is 0. The van der Waals surface area contributed by atoms with Gasteiger partial charge >= 0.3 is 0 Å². The van der Waals surface area contributed by atoms with Gasteiger partial charge < -0.3 is 4.90 Å². The Bertz CT molecular complexity index is 278. The molecule has 0 spiro atoms. The maximum absolute atomic E-state index is 11.8. The average Bonchev–Trinajstić information content (AvgIpc) is 2.30. The predicted octanol–water partition coefficient (Wildman–Crippen LogP) is 1.86. The normalized spacial score (nSPS) is 27.3. The molecule has 0 bridgehead atoms. The van der Waals surface area contributed by atoms with Gasteiger partial charge in [-0.15, -0.1) is 0 Å². The zero-order chi connectivity index (χ0) is 11.8. The molecule has 0 aromatic carbocycles. The van der Waals surface area contributed by atoms with Gasteiger partial charge in [0.05, 0.1) is 6.54 Å². The molecule has 1 rings (SSSR count). The third kappa shape index (κ3) is 2.58. The Balaban J connectivity index is 2.67. The number of carbonyl (C=O) groups excluding carboxylic acids is 2. The van der Waals surface area contributed by atoms with Crippen LogP contribution in [0.5, 0.6) is 0 Å². The van der Waals surface area contributed by atoms with Gasteiger partial charge in [-0.2, -0.15) is 0 Å². The van der Waals surface area contributed by atoms with Crippen LogP contribution in [-0.2, 0) is 9.59 Å². The maximum atomic E-state index is 11.8. The molecule has 0 aromatic heterocycles. The second-order valence-corrected chi connectivity index (χ2v) is 5.63. The fraction of sp³-hybridized carbons (Fsp3) is 0.833. The van der Waals surface area contributed by atoms with Gasteiger partial charge in [0, 0.05) is 17.4 Å². The summed E-state index contributed by atoms with van der Waals surface area (Å²) in [6, 6.07) is 0.207. The lowest BCUT2D eigenvalue weighted by molar-refractivity contribution is -0.137. The van der Waals surface area contributed by atoms with Crippen LogP contribution in [0.3, 0.4) is 0 Å². The standard InChI is InChI=1S/C12H21NO2/c1-8-6-9(2)13(11(8)15)7-10(14)12(3,4)5/h8-9H,6-7H2,1-5H3. The number of Topliss-reactive ketones (excluding diaryl/α,β-unsaturated/α-hetero) is 1. The minimum atomic E-state index is -0.355. The number of rotatable bonds is 2. The van der Waals surface area contributed by atoms with Crippen molar-refractivity contribution in [2.24, 2.45) is 11.3 Å². The molecule has 0 saturated carbocycles. The van der Waals surface area contributed by atoms with Gasteiger partial charge in [0.25, 0.3) is 0 Å². The van der Waals surface area contributed by atoms with E-state index in [2.05, 4.69) is 0 Å². The number of hydrogen-bond donors (Lipinski definition) is 0. The molecule has 0 aromatic rings. The molecule has 0 aliphatic carbocycles. The van der Waals surface area contributed by atoms with Gasteiger partial charge in [-0.25, -0.2) is 0 Å². The van der Waals surface area contributed by atoms with E-state index in [-0.39, 0.29) is 35.6 Å². The second-order valence-electron chi connectivity index (χ2n) is 5.63. The Morgan fingerprint density at radius 1 is 1.40 bits per heavy atom. The fourth-order valence-corrected chi connectivity index (χ4v) is 1.87. The summed E-state index contributed by atoms with van der Waals surface area (Å²) in [4.78, 5) is 25.3. The lowest BCUT2D eigenvalue weighted by Gasteiger charge is -2.25. The number of hydrogen-bond acceptors (Lipinski definition) is 2. The zero-order valence-corrected chi connectivity index (χ0v) is 10.3. The lowest BCUT2D eigenvalue weighted by Crippen LogP contribution is -2.40. The van der Waals surface area contributed by atoms with E-state index < -0.39 is 0 Å². The van der Waals surface area contributed by atoms with E-state index in [0.717, 1.165) is 6.42 Å². The molecule has 1 fully saturated rings. The summed E-state index contributed by atoms with van der Waals surface area (Å²) in [5.41, 5.74) is -0.355. The smallest absolute Gasteiger partial charge is 0.226 e. The minimum Gasteiger partial charge on any atom is -0.332 e. The first-order chi connectivity index (χ1) is 6.73. The average molecular weight is 211 g/mol. The Morgan fingerprint density at radius 2 is 1.93 bits per heavy atom. The molecule has 2 atom stereocenters. The van der Waals surface area contributed by atoms with Crippen molar-refractivity contribution in [2.45, 2.75) is 47.1 Å². The molecular formula is C12H21NO2. The summed E-state index contributed by atoms with van der Waals surface area (Å²) >= 11 is 0. The number of carbonyl (C=O) groups is 2. The zero-order valence-electron chi connectivity index (χ0n) is 10.3. The lowest BCUT2D eigenvalue weighted by atomic mass is 9.90. The van der Waals surface area contributed by atoms with E-state index in [1.165, 1.54) is 0 Å². The molecule has 0 N–H and O–H groups in total. The SMILES string of the molecule is CC1CC(C)N(CC(=O)C(C)(C)C)C1=O. The third-order valence-electron chi connectivity index (χ3n) is 3.08. The number of likely N-dealkylation sites (tertiary alicyclic amines) is 1. The molecule has 3 heteroatoms. The minimum absolute atomic E-state index is 0.0766. The highest BCUT2D eigenvalue weighted by Gasteiger charge is 2.36. The summed E-state index contributed by atoms with van der Waals surface area (Å²) in [6.45, 7) is 9.89. The van der Waals surface area contributed by atoms with Gasteiger partial charge in [0.1, 0.15) is 0 Å².